The van der Waals surface area contributed by atoms with E-state index in [1.54, 1.807) is 11.3 Å². The van der Waals surface area contributed by atoms with E-state index < -0.39 is 23.6 Å². The summed E-state index contributed by atoms with van der Waals surface area (Å²) in [5, 5.41) is 16.2. The van der Waals surface area contributed by atoms with Crippen LogP contribution in [0.25, 0.3) is 10.4 Å². The highest BCUT2D eigenvalue weighted by atomic mass is 35.5. The second-order valence-electron chi connectivity index (χ2n) is 10.8. The van der Waals surface area contributed by atoms with Crippen LogP contribution in [0.2, 0.25) is 0 Å². The highest BCUT2D eigenvalue weighted by Crippen LogP contribution is 2.29. The summed E-state index contributed by atoms with van der Waals surface area (Å²) in [6.45, 7) is 9.87. The molecule has 1 aliphatic heterocycles. The Hall–Kier alpha value is -2.53. The summed E-state index contributed by atoms with van der Waals surface area (Å²) in [5.74, 6) is -0.964. The van der Waals surface area contributed by atoms with Crippen molar-refractivity contribution >= 4 is 41.5 Å². The van der Waals surface area contributed by atoms with Gasteiger partial charge in [0.05, 0.1) is 28.2 Å². The number of aliphatic hydroxyl groups excluding tert-OH is 1. The molecule has 0 spiro atoms. The maximum atomic E-state index is 13.6. The number of aliphatic hydroxyl groups is 1. The van der Waals surface area contributed by atoms with Crippen molar-refractivity contribution in [3.63, 3.8) is 0 Å². The van der Waals surface area contributed by atoms with Gasteiger partial charge in [-0.15, -0.1) is 23.7 Å². The number of benzene rings is 1. The van der Waals surface area contributed by atoms with Crippen LogP contribution in [0, 0.1) is 12.3 Å². The van der Waals surface area contributed by atoms with Gasteiger partial charge in [0, 0.05) is 19.4 Å². The number of aromatic nitrogens is 1. The zero-order valence-corrected chi connectivity index (χ0v) is 24.3. The lowest BCUT2D eigenvalue weighted by Gasteiger charge is -2.35. The summed E-state index contributed by atoms with van der Waals surface area (Å²) in [4.78, 5) is 46.1. The number of β-amino-alcohol motifs (C(OH)–C–C–N with tert-alkyl or cyclic N) is 1. The Morgan fingerprint density at radius 2 is 1.87 bits per heavy atom. The third kappa shape index (κ3) is 7.75. The van der Waals surface area contributed by atoms with Crippen molar-refractivity contribution in [2.45, 2.75) is 78.1 Å². The molecule has 0 saturated carbocycles. The minimum Gasteiger partial charge on any atom is -0.391 e. The summed E-state index contributed by atoms with van der Waals surface area (Å²) >= 11 is 1.58. The average Bonchev–Trinajstić information content (AvgIpc) is 3.45. The first kappa shape index (κ1) is 31.7. The molecule has 38 heavy (non-hydrogen) atoms. The van der Waals surface area contributed by atoms with E-state index in [0.29, 0.717) is 13.0 Å². The van der Waals surface area contributed by atoms with Gasteiger partial charge in [0.2, 0.25) is 17.7 Å². The van der Waals surface area contributed by atoms with E-state index in [1.807, 2.05) is 64.4 Å². The Bertz CT molecular complexity index is 1100. The summed E-state index contributed by atoms with van der Waals surface area (Å²) in [5.41, 5.74) is 9.71. The molecule has 0 aliphatic carbocycles. The van der Waals surface area contributed by atoms with E-state index in [-0.39, 0.29) is 55.6 Å². The normalized spacial score (nSPS) is 18.9. The van der Waals surface area contributed by atoms with Crippen LogP contribution in [0.4, 0.5) is 0 Å². The zero-order chi connectivity index (χ0) is 27.3. The number of carbonyl (C=O) groups is 3. The van der Waals surface area contributed by atoms with Gasteiger partial charge in [0.1, 0.15) is 12.1 Å². The molecule has 1 saturated heterocycles. The van der Waals surface area contributed by atoms with Crippen molar-refractivity contribution in [2.24, 2.45) is 11.1 Å². The van der Waals surface area contributed by atoms with Crippen molar-refractivity contribution in [3.05, 3.63) is 41.0 Å². The first-order valence-electron chi connectivity index (χ1n) is 12.7. The van der Waals surface area contributed by atoms with Crippen molar-refractivity contribution < 1.29 is 19.5 Å². The lowest BCUT2D eigenvalue weighted by Crippen LogP contribution is -2.57. The van der Waals surface area contributed by atoms with E-state index in [9.17, 15) is 19.5 Å². The number of hydrogen-bond acceptors (Lipinski definition) is 7. The standard InChI is InChI=1S/C27H39N5O4S.ClH/c1-16(18-8-10-19(11-9-18)23-17(2)29-15-37-23)30-25(35)21-13-20(33)14-32(21)26(36)24(27(3,4)5)31-22(34)7-6-12-28;/h8-11,15-16,20-21,24,33H,6-7,12-14,28H2,1-5H3,(H,30,35)(H,31,34);1H/t16-,20+,21-,24+;/m0./s1. The average molecular weight is 566 g/mol. The third-order valence-electron chi connectivity index (χ3n) is 6.67. The lowest BCUT2D eigenvalue weighted by molar-refractivity contribution is -0.144. The Morgan fingerprint density at radius 1 is 1.21 bits per heavy atom. The molecule has 9 nitrogen and oxygen atoms in total. The van der Waals surface area contributed by atoms with Gasteiger partial charge in [0.15, 0.2) is 0 Å². The van der Waals surface area contributed by atoms with Crippen molar-refractivity contribution in [1.82, 2.24) is 20.5 Å². The van der Waals surface area contributed by atoms with Crippen LogP contribution in [0.1, 0.15) is 64.3 Å². The van der Waals surface area contributed by atoms with Gasteiger partial charge >= 0.3 is 0 Å². The van der Waals surface area contributed by atoms with Crippen LogP contribution in [-0.4, -0.2) is 64.0 Å². The van der Waals surface area contributed by atoms with E-state index in [1.165, 1.54) is 4.90 Å². The molecule has 2 heterocycles. The zero-order valence-electron chi connectivity index (χ0n) is 22.7. The quantitative estimate of drug-likeness (QED) is 0.369. The molecular weight excluding hydrogens is 526 g/mol. The predicted molar refractivity (Wildman–Crippen MR) is 152 cm³/mol. The Labute approximate surface area is 235 Å². The molecule has 0 bridgehead atoms. The summed E-state index contributed by atoms with van der Waals surface area (Å²) in [6, 6.07) is 6.00. The van der Waals surface area contributed by atoms with Crippen LogP contribution in [-0.2, 0) is 14.4 Å². The second-order valence-corrected chi connectivity index (χ2v) is 11.6. The molecule has 5 N–H and O–H groups in total. The topological polar surface area (TPSA) is 138 Å². The maximum absolute atomic E-state index is 13.6. The fourth-order valence-electron chi connectivity index (χ4n) is 4.51. The van der Waals surface area contributed by atoms with Crippen molar-refractivity contribution in [3.8, 4) is 10.4 Å². The number of nitrogens with zero attached hydrogens (tertiary/aromatic N) is 2. The Kier molecular flexibility index (Phi) is 11.3. The molecule has 0 radical (unpaired) electrons. The van der Waals surface area contributed by atoms with Gasteiger partial charge in [-0.05, 0) is 43.4 Å². The molecule has 1 fully saturated rings. The van der Waals surface area contributed by atoms with Crippen molar-refractivity contribution in [2.75, 3.05) is 13.1 Å². The first-order chi connectivity index (χ1) is 17.4. The molecular formula is C27H40ClN5O4S. The minimum atomic E-state index is -0.835. The maximum Gasteiger partial charge on any atom is 0.246 e. The molecule has 1 aliphatic rings. The van der Waals surface area contributed by atoms with Gasteiger partial charge in [-0.2, -0.15) is 0 Å². The van der Waals surface area contributed by atoms with E-state index in [2.05, 4.69) is 15.6 Å². The molecule has 1 aromatic heterocycles. The van der Waals surface area contributed by atoms with Crippen LogP contribution in [0.15, 0.2) is 29.8 Å². The highest BCUT2D eigenvalue weighted by molar-refractivity contribution is 7.13. The number of nitrogens with one attached hydrogen (secondary N) is 2. The SMILES string of the molecule is Cc1ncsc1-c1ccc([C@H](C)NC(=O)[C@@H]2C[C@@H](O)CN2C(=O)[C@@H](NC(=O)CCCN)C(C)(C)C)cc1.Cl. The largest absolute Gasteiger partial charge is 0.391 e. The van der Waals surface area contributed by atoms with Gasteiger partial charge in [0.25, 0.3) is 0 Å². The fourth-order valence-corrected chi connectivity index (χ4v) is 5.32. The lowest BCUT2D eigenvalue weighted by atomic mass is 9.85. The number of likely N-dealkylation sites (tertiary alicyclic amines) is 1. The Balaban J connectivity index is 0.00000507. The Morgan fingerprint density at radius 3 is 2.42 bits per heavy atom. The molecule has 0 unspecified atom stereocenters. The van der Waals surface area contributed by atoms with E-state index in [4.69, 9.17) is 5.73 Å². The number of aryl methyl sites for hydroxylation is 1. The molecule has 1 aromatic carbocycles. The van der Waals surface area contributed by atoms with E-state index in [0.717, 1.165) is 21.7 Å². The highest BCUT2D eigenvalue weighted by Gasteiger charge is 2.44. The second kappa shape index (κ2) is 13.5. The number of hydrogen-bond donors (Lipinski definition) is 4. The number of thiazole rings is 1. The third-order valence-corrected chi connectivity index (χ3v) is 7.65. The smallest absolute Gasteiger partial charge is 0.246 e. The summed E-state index contributed by atoms with van der Waals surface area (Å²) in [6.07, 6.45) is 0.0752. The molecule has 3 amide bonds. The fraction of sp³-hybridized carbons (Fsp3) is 0.556. The number of amides is 3. The van der Waals surface area contributed by atoms with Crippen LogP contribution in [0.5, 0.6) is 0 Å². The molecule has 4 atom stereocenters. The minimum absolute atomic E-state index is 0. The summed E-state index contributed by atoms with van der Waals surface area (Å²) < 4.78 is 0. The number of nitrogens with two attached hydrogens (primary N) is 1. The van der Waals surface area contributed by atoms with Crippen LogP contribution in [0.3, 0.4) is 0 Å². The number of halogens is 1. The molecule has 210 valence electrons. The number of carbonyl (C=O) groups excluding carboxylic acids is 3. The molecule has 2 aromatic rings. The first-order valence-corrected chi connectivity index (χ1v) is 13.6. The monoisotopic (exact) mass is 565 g/mol. The molecule has 11 heteroatoms. The van der Waals surface area contributed by atoms with Gasteiger partial charge in [-0.3, -0.25) is 14.4 Å². The summed E-state index contributed by atoms with van der Waals surface area (Å²) in [7, 11) is 0. The van der Waals surface area contributed by atoms with E-state index >= 15 is 0 Å². The van der Waals surface area contributed by atoms with Crippen molar-refractivity contribution in [1.29, 1.82) is 0 Å². The molecule has 3 rings (SSSR count). The predicted octanol–water partition coefficient (Wildman–Crippen LogP) is 2.95. The van der Waals surface area contributed by atoms with Gasteiger partial charge < -0.3 is 26.4 Å². The van der Waals surface area contributed by atoms with Crippen LogP contribution >= 0.6 is 23.7 Å². The van der Waals surface area contributed by atoms with Gasteiger partial charge in [-0.1, -0.05) is 45.0 Å². The van der Waals surface area contributed by atoms with Gasteiger partial charge in [-0.25, -0.2) is 4.98 Å². The van der Waals surface area contributed by atoms with Crippen LogP contribution < -0.4 is 16.4 Å². The number of rotatable bonds is 9.